The summed E-state index contributed by atoms with van der Waals surface area (Å²) in [6.07, 6.45) is 5.63. The lowest BCUT2D eigenvalue weighted by Gasteiger charge is -2.08. The molecule has 0 amide bonds. The van der Waals surface area contributed by atoms with E-state index in [-0.39, 0.29) is 5.78 Å². The monoisotopic (exact) mass is 234 g/mol. The van der Waals surface area contributed by atoms with Crippen molar-refractivity contribution in [1.82, 2.24) is 0 Å². The SMILES string of the molecule is CC(=O)c1ccc(SCC2CCCC2)cc1. The molecule has 1 aliphatic rings. The van der Waals surface area contributed by atoms with Crippen LogP contribution in [0.5, 0.6) is 0 Å². The number of ketones is 1. The van der Waals surface area contributed by atoms with Crippen LogP contribution in [0, 0.1) is 5.92 Å². The van der Waals surface area contributed by atoms with Gasteiger partial charge in [0.15, 0.2) is 5.78 Å². The molecule has 0 heterocycles. The Balaban J connectivity index is 1.87. The van der Waals surface area contributed by atoms with Crippen LogP contribution in [-0.4, -0.2) is 11.5 Å². The lowest BCUT2D eigenvalue weighted by molar-refractivity contribution is 0.101. The Morgan fingerprint density at radius 1 is 1.25 bits per heavy atom. The maximum atomic E-state index is 11.1. The fourth-order valence-electron chi connectivity index (χ4n) is 2.18. The van der Waals surface area contributed by atoms with Crippen molar-refractivity contribution in [3.63, 3.8) is 0 Å². The van der Waals surface area contributed by atoms with Crippen molar-refractivity contribution in [1.29, 1.82) is 0 Å². The van der Waals surface area contributed by atoms with Crippen LogP contribution in [0.3, 0.4) is 0 Å². The van der Waals surface area contributed by atoms with Crippen LogP contribution in [0.1, 0.15) is 43.0 Å². The minimum absolute atomic E-state index is 0.146. The van der Waals surface area contributed by atoms with Gasteiger partial charge in [0, 0.05) is 16.2 Å². The minimum Gasteiger partial charge on any atom is -0.295 e. The predicted octanol–water partition coefficient (Wildman–Crippen LogP) is 4.17. The molecule has 1 fully saturated rings. The van der Waals surface area contributed by atoms with E-state index in [9.17, 15) is 4.79 Å². The molecule has 0 N–H and O–H groups in total. The fraction of sp³-hybridized carbons (Fsp3) is 0.500. The van der Waals surface area contributed by atoms with Crippen LogP contribution in [0.15, 0.2) is 29.2 Å². The maximum Gasteiger partial charge on any atom is 0.159 e. The van der Waals surface area contributed by atoms with Gasteiger partial charge in [-0.1, -0.05) is 25.0 Å². The second-order valence-corrected chi connectivity index (χ2v) is 5.64. The molecule has 1 aromatic carbocycles. The zero-order valence-corrected chi connectivity index (χ0v) is 10.6. The molecule has 0 aliphatic heterocycles. The Labute approximate surface area is 102 Å². The molecule has 16 heavy (non-hydrogen) atoms. The second kappa shape index (κ2) is 5.53. The van der Waals surface area contributed by atoms with E-state index in [0.717, 1.165) is 11.5 Å². The Morgan fingerprint density at radius 2 is 1.88 bits per heavy atom. The van der Waals surface area contributed by atoms with E-state index in [4.69, 9.17) is 0 Å². The molecule has 86 valence electrons. The summed E-state index contributed by atoms with van der Waals surface area (Å²) in [4.78, 5) is 12.4. The van der Waals surface area contributed by atoms with E-state index in [1.807, 2.05) is 23.9 Å². The molecule has 0 saturated heterocycles. The first-order valence-electron chi connectivity index (χ1n) is 5.99. The average Bonchev–Trinajstić information content (AvgIpc) is 2.80. The first-order valence-corrected chi connectivity index (χ1v) is 6.98. The lowest BCUT2D eigenvalue weighted by atomic mass is 10.1. The van der Waals surface area contributed by atoms with Crippen LogP contribution in [0.4, 0.5) is 0 Å². The summed E-state index contributed by atoms with van der Waals surface area (Å²) in [6.45, 7) is 1.61. The van der Waals surface area contributed by atoms with E-state index in [1.54, 1.807) is 6.92 Å². The molecular formula is C14H18OS. The topological polar surface area (TPSA) is 17.1 Å². The van der Waals surface area contributed by atoms with Crippen molar-refractivity contribution in [3.05, 3.63) is 29.8 Å². The van der Waals surface area contributed by atoms with Crippen molar-refractivity contribution >= 4 is 17.5 Å². The van der Waals surface area contributed by atoms with Gasteiger partial charge in [-0.05, 0) is 37.8 Å². The van der Waals surface area contributed by atoms with Gasteiger partial charge >= 0.3 is 0 Å². The zero-order valence-electron chi connectivity index (χ0n) is 9.74. The molecule has 0 bridgehead atoms. The van der Waals surface area contributed by atoms with Crippen LogP contribution in [0.2, 0.25) is 0 Å². The molecule has 0 radical (unpaired) electrons. The molecular weight excluding hydrogens is 216 g/mol. The van der Waals surface area contributed by atoms with Gasteiger partial charge < -0.3 is 0 Å². The Kier molecular flexibility index (Phi) is 4.05. The highest BCUT2D eigenvalue weighted by atomic mass is 32.2. The number of benzene rings is 1. The first-order chi connectivity index (χ1) is 7.75. The summed E-state index contributed by atoms with van der Waals surface area (Å²) in [6, 6.07) is 7.99. The van der Waals surface area contributed by atoms with Gasteiger partial charge in [0.1, 0.15) is 0 Å². The summed E-state index contributed by atoms with van der Waals surface area (Å²) >= 11 is 1.93. The van der Waals surface area contributed by atoms with Gasteiger partial charge in [-0.15, -0.1) is 11.8 Å². The highest BCUT2D eigenvalue weighted by Gasteiger charge is 2.14. The second-order valence-electron chi connectivity index (χ2n) is 4.54. The highest BCUT2D eigenvalue weighted by molar-refractivity contribution is 7.99. The van der Waals surface area contributed by atoms with Gasteiger partial charge in [-0.25, -0.2) is 0 Å². The molecule has 2 heteroatoms. The molecule has 0 spiro atoms. The number of hydrogen-bond donors (Lipinski definition) is 0. The summed E-state index contributed by atoms with van der Waals surface area (Å²) in [7, 11) is 0. The number of carbonyl (C=O) groups excluding carboxylic acids is 1. The third kappa shape index (κ3) is 3.11. The largest absolute Gasteiger partial charge is 0.295 e. The molecule has 0 unspecified atom stereocenters. The number of thioether (sulfide) groups is 1. The molecule has 1 nitrogen and oxygen atoms in total. The van der Waals surface area contributed by atoms with Crippen molar-refractivity contribution in [2.24, 2.45) is 5.92 Å². The minimum atomic E-state index is 0.146. The molecule has 1 aliphatic carbocycles. The normalized spacial score (nSPS) is 16.6. The lowest BCUT2D eigenvalue weighted by Crippen LogP contribution is -1.96. The summed E-state index contributed by atoms with van der Waals surface area (Å²) in [5, 5.41) is 0. The smallest absolute Gasteiger partial charge is 0.159 e. The number of Topliss-reactive ketones (excluding diaryl/α,β-unsaturated/α-hetero) is 1. The quantitative estimate of drug-likeness (QED) is 0.574. The van der Waals surface area contributed by atoms with E-state index in [2.05, 4.69) is 12.1 Å². The molecule has 1 saturated carbocycles. The molecule has 2 rings (SSSR count). The first kappa shape index (κ1) is 11.7. The van der Waals surface area contributed by atoms with Crippen LogP contribution in [-0.2, 0) is 0 Å². The number of hydrogen-bond acceptors (Lipinski definition) is 2. The predicted molar refractivity (Wildman–Crippen MR) is 69.1 cm³/mol. The van der Waals surface area contributed by atoms with Gasteiger partial charge in [0.2, 0.25) is 0 Å². The summed E-state index contributed by atoms with van der Waals surface area (Å²) in [5.41, 5.74) is 0.810. The third-order valence-electron chi connectivity index (χ3n) is 3.22. The van der Waals surface area contributed by atoms with Gasteiger partial charge in [0.05, 0.1) is 0 Å². The molecule has 0 atom stereocenters. The fourth-order valence-corrected chi connectivity index (χ4v) is 3.27. The zero-order chi connectivity index (χ0) is 11.4. The third-order valence-corrected chi connectivity index (χ3v) is 4.46. The summed E-state index contributed by atoms with van der Waals surface area (Å²) in [5.74, 6) is 2.30. The van der Waals surface area contributed by atoms with E-state index >= 15 is 0 Å². The van der Waals surface area contributed by atoms with E-state index in [0.29, 0.717) is 0 Å². The Morgan fingerprint density at radius 3 is 2.44 bits per heavy atom. The van der Waals surface area contributed by atoms with Gasteiger partial charge in [-0.2, -0.15) is 0 Å². The van der Waals surface area contributed by atoms with E-state index < -0.39 is 0 Å². The van der Waals surface area contributed by atoms with Crippen molar-refractivity contribution in [2.75, 3.05) is 5.75 Å². The van der Waals surface area contributed by atoms with Crippen LogP contribution < -0.4 is 0 Å². The number of rotatable bonds is 4. The average molecular weight is 234 g/mol. The summed E-state index contributed by atoms with van der Waals surface area (Å²) < 4.78 is 0. The standard InChI is InChI=1S/C14H18OS/c1-11(15)13-6-8-14(9-7-13)16-10-12-4-2-3-5-12/h6-9,12H,2-5,10H2,1H3. The van der Waals surface area contributed by atoms with Crippen molar-refractivity contribution in [3.8, 4) is 0 Å². The molecule has 0 aromatic heterocycles. The Bertz CT molecular complexity index is 350. The number of carbonyl (C=O) groups is 1. The van der Waals surface area contributed by atoms with E-state index in [1.165, 1.54) is 36.3 Å². The van der Waals surface area contributed by atoms with Crippen LogP contribution >= 0.6 is 11.8 Å². The van der Waals surface area contributed by atoms with Crippen LogP contribution in [0.25, 0.3) is 0 Å². The molecule has 1 aromatic rings. The highest BCUT2D eigenvalue weighted by Crippen LogP contribution is 2.30. The Hall–Kier alpha value is -0.760. The van der Waals surface area contributed by atoms with Crippen molar-refractivity contribution < 1.29 is 4.79 Å². The van der Waals surface area contributed by atoms with Crippen molar-refractivity contribution in [2.45, 2.75) is 37.5 Å². The van der Waals surface area contributed by atoms with Gasteiger partial charge in [-0.3, -0.25) is 4.79 Å². The van der Waals surface area contributed by atoms with Gasteiger partial charge in [0.25, 0.3) is 0 Å². The maximum absolute atomic E-state index is 11.1.